The van der Waals surface area contributed by atoms with E-state index in [1.54, 1.807) is 0 Å². The zero-order valence-corrected chi connectivity index (χ0v) is 21.0. The van der Waals surface area contributed by atoms with Crippen LogP contribution in [0.4, 0.5) is 5.69 Å². The largest absolute Gasteiger partial charge is 0.356 e. The molecule has 33 heavy (non-hydrogen) atoms. The van der Waals surface area contributed by atoms with Crippen molar-refractivity contribution in [2.24, 2.45) is 5.92 Å². The van der Waals surface area contributed by atoms with Gasteiger partial charge in [-0.2, -0.15) is 0 Å². The number of benzene rings is 3. The Kier molecular flexibility index (Phi) is 8.04. The smallest absolute Gasteiger partial charge is 0.193 e. The van der Waals surface area contributed by atoms with E-state index in [2.05, 4.69) is 57.4 Å². The van der Waals surface area contributed by atoms with E-state index in [-0.39, 0.29) is 17.2 Å². The van der Waals surface area contributed by atoms with E-state index in [9.17, 15) is 4.79 Å². The normalized spacial score (nSPS) is 12.3. The summed E-state index contributed by atoms with van der Waals surface area (Å²) >= 11 is 5.61. The molecule has 0 heterocycles. The van der Waals surface area contributed by atoms with Gasteiger partial charge in [-0.15, -0.1) is 0 Å². The average molecular weight is 459 g/mol. The molecule has 1 atom stereocenters. The van der Waals surface area contributed by atoms with Crippen LogP contribution in [0.25, 0.3) is 0 Å². The summed E-state index contributed by atoms with van der Waals surface area (Å²) in [5, 5.41) is 7.25. The molecule has 2 N–H and O–H groups in total. The molecular weight excluding hydrogens is 424 g/mol. The van der Waals surface area contributed by atoms with Gasteiger partial charge in [0.2, 0.25) is 0 Å². The molecule has 0 spiro atoms. The molecule has 0 bridgehead atoms. The second kappa shape index (κ2) is 10.8. The summed E-state index contributed by atoms with van der Waals surface area (Å²) in [6.07, 6.45) is 0.967. The number of ketones is 1. The summed E-state index contributed by atoms with van der Waals surface area (Å²) in [5.74, 6) is 0.524. The Hall–Kier alpha value is -2.98. The summed E-state index contributed by atoms with van der Waals surface area (Å²) in [5.41, 5.74) is 4.58. The summed E-state index contributed by atoms with van der Waals surface area (Å²) in [6, 6.07) is 25.9. The van der Waals surface area contributed by atoms with Crippen molar-refractivity contribution in [3.05, 3.63) is 101 Å². The number of nitrogens with one attached hydrogen (secondary N) is 2. The van der Waals surface area contributed by atoms with Crippen molar-refractivity contribution in [1.29, 1.82) is 0 Å². The minimum Gasteiger partial charge on any atom is -0.356 e. The average Bonchev–Trinajstić information content (AvgIpc) is 2.78. The number of hydrogen-bond acceptors (Lipinski definition) is 2. The summed E-state index contributed by atoms with van der Waals surface area (Å²) in [4.78, 5) is 13.1. The van der Waals surface area contributed by atoms with Gasteiger partial charge in [-0.25, -0.2) is 0 Å². The van der Waals surface area contributed by atoms with Gasteiger partial charge in [0.15, 0.2) is 10.9 Å². The van der Waals surface area contributed by atoms with Gasteiger partial charge in [0.1, 0.15) is 0 Å². The van der Waals surface area contributed by atoms with Crippen LogP contribution < -0.4 is 10.6 Å². The topological polar surface area (TPSA) is 41.1 Å². The highest BCUT2D eigenvalue weighted by Crippen LogP contribution is 2.24. The van der Waals surface area contributed by atoms with Crippen LogP contribution >= 0.6 is 12.2 Å². The number of thiocarbonyl (C=S) groups is 1. The van der Waals surface area contributed by atoms with Gasteiger partial charge < -0.3 is 10.6 Å². The molecule has 3 aromatic rings. The van der Waals surface area contributed by atoms with Gasteiger partial charge in [0.25, 0.3) is 0 Å². The van der Waals surface area contributed by atoms with Crippen LogP contribution in [0, 0.1) is 5.92 Å². The van der Waals surface area contributed by atoms with Crippen molar-refractivity contribution >= 4 is 28.8 Å². The lowest BCUT2D eigenvalue weighted by Gasteiger charge is -2.23. The predicted molar refractivity (Wildman–Crippen MR) is 143 cm³/mol. The molecule has 3 nitrogen and oxygen atoms in total. The Balaban J connectivity index is 1.71. The second-order valence-corrected chi connectivity index (χ2v) is 10.3. The molecule has 0 unspecified atom stereocenters. The molecule has 0 aliphatic rings. The van der Waals surface area contributed by atoms with E-state index in [4.69, 9.17) is 12.2 Å². The number of anilines is 1. The van der Waals surface area contributed by atoms with Crippen LogP contribution in [0.15, 0.2) is 78.9 Å². The van der Waals surface area contributed by atoms with Gasteiger partial charge >= 0.3 is 0 Å². The standard InChI is InChI=1S/C29H34N2OS/c1-20(2)18-26(21-10-7-6-8-11-21)31-28(33)30-25-13-9-12-23(19-25)27(32)22-14-16-24(17-15-22)29(3,4)5/h6-17,19-20,26H,18H2,1-5H3,(H2,30,31,33)/t26-/m1/s1. The maximum Gasteiger partial charge on any atom is 0.193 e. The molecule has 0 saturated heterocycles. The maximum absolute atomic E-state index is 13.1. The Morgan fingerprint density at radius 2 is 1.55 bits per heavy atom. The van der Waals surface area contributed by atoms with Crippen LogP contribution in [0.3, 0.4) is 0 Å². The van der Waals surface area contributed by atoms with E-state index in [0.29, 0.717) is 22.2 Å². The van der Waals surface area contributed by atoms with Crippen molar-refractivity contribution in [1.82, 2.24) is 5.32 Å². The first kappa shape index (κ1) is 24.7. The quantitative estimate of drug-likeness (QED) is 0.288. The lowest BCUT2D eigenvalue weighted by atomic mass is 9.86. The highest BCUT2D eigenvalue weighted by molar-refractivity contribution is 7.80. The molecule has 172 valence electrons. The fraction of sp³-hybridized carbons (Fsp3) is 0.310. The third-order valence-electron chi connectivity index (χ3n) is 5.61. The Morgan fingerprint density at radius 1 is 0.879 bits per heavy atom. The van der Waals surface area contributed by atoms with Gasteiger partial charge in [0.05, 0.1) is 6.04 Å². The number of carbonyl (C=O) groups excluding carboxylic acids is 1. The molecule has 0 aromatic heterocycles. The van der Waals surface area contributed by atoms with E-state index >= 15 is 0 Å². The highest BCUT2D eigenvalue weighted by atomic mass is 32.1. The number of carbonyl (C=O) groups is 1. The molecule has 0 aliphatic heterocycles. The van der Waals surface area contributed by atoms with Crippen LogP contribution in [0.5, 0.6) is 0 Å². The zero-order chi connectivity index (χ0) is 24.0. The molecule has 0 amide bonds. The van der Waals surface area contributed by atoms with Crippen LogP contribution in [-0.4, -0.2) is 10.9 Å². The van der Waals surface area contributed by atoms with Crippen molar-refractivity contribution in [3.8, 4) is 0 Å². The van der Waals surface area contributed by atoms with E-state index in [0.717, 1.165) is 12.1 Å². The fourth-order valence-electron chi connectivity index (χ4n) is 3.79. The minimum atomic E-state index is -0.0000402. The maximum atomic E-state index is 13.1. The van der Waals surface area contributed by atoms with Gasteiger partial charge in [-0.3, -0.25) is 4.79 Å². The van der Waals surface area contributed by atoms with E-state index < -0.39 is 0 Å². The molecule has 0 fully saturated rings. The first-order valence-corrected chi connectivity index (χ1v) is 11.9. The van der Waals surface area contributed by atoms with Crippen molar-refractivity contribution < 1.29 is 4.79 Å². The molecule has 3 aromatic carbocycles. The zero-order valence-electron chi connectivity index (χ0n) is 20.2. The third-order valence-corrected chi connectivity index (χ3v) is 5.83. The Bertz CT molecular complexity index is 1080. The van der Waals surface area contributed by atoms with Gasteiger partial charge in [0, 0.05) is 16.8 Å². The predicted octanol–water partition coefficient (Wildman–Crippen LogP) is 7.29. The molecule has 0 radical (unpaired) electrons. The molecule has 3 rings (SSSR count). The summed E-state index contributed by atoms with van der Waals surface area (Å²) < 4.78 is 0. The van der Waals surface area contributed by atoms with Crippen LogP contribution in [0.2, 0.25) is 0 Å². The van der Waals surface area contributed by atoms with Crippen molar-refractivity contribution in [2.45, 2.75) is 52.5 Å². The third kappa shape index (κ3) is 7.00. The Labute approximate surface area is 203 Å². The summed E-state index contributed by atoms with van der Waals surface area (Å²) in [6.45, 7) is 10.9. The second-order valence-electron chi connectivity index (χ2n) is 9.93. The van der Waals surface area contributed by atoms with E-state index in [1.165, 1.54) is 11.1 Å². The van der Waals surface area contributed by atoms with Gasteiger partial charge in [-0.1, -0.05) is 101 Å². The molecule has 0 saturated carbocycles. The highest BCUT2D eigenvalue weighted by Gasteiger charge is 2.17. The number of hydrogen-bond donors (Lipinski definition) is 2. The number of rotatable bonds is 7. The lowest BCUT2D eigenvalue weighted by molar-refractivity contribution is 0.103. The minimum absolute atomic E-state index is 0.0000402. The monoisotopic (exact) mass is 458 g/mol. The molecule has 4 heteroatoms. The van der Waals surface area contributed by atoms with Gasteiger partial charge in [-0.05, 0) is 53.2 Å². The first-order chi connectivity index (χ1) is 15.6. The van der Waals surface area contributed by atoms with Crippen molar-refractivity contribution in [3.63, 3.8) is 0 Å². The molecular formula is C29H34N2OS. The molecule has 0 aliphatic carbocycles. The van der Waals surface area contributed by atoms with Crippen molar-refractivity contribution in [2.75, 3.05) is 5.32 Å². The first-order valence-electron chi connectivity index (χ1n) is 11.5. The Morgan fingerprint density at radius 3 is 2.15 bits per heavy atom. The van der Waals surface area contributed by atoms with Crippen LogP contribution in [-0.2, 0) is 5.41 Å². The van der Waals surface area contributed by atoms with Crippen LogP contribution in [0.1, 0.15) is 74.1 Å². The van der Waals surface area contributed by atoms with E-state index in [1.807, 2.05) is 66.7 Å². The summed E-state index contributed by atoms with van der Waals surface area (Å²) in [7, 11) is 0. The lowest BCUT2D eigenvalue weighted by Crippen LogP contribution is -2.33. The fourth-order valence-corrected chi connectivity index (χ4v) is 4.05. The SMILES string of the molecule is CC(C)C[C@@H](NC(=S)Nc1cccc(C(=O)c2ccc(C(C)(C)C)cc2)c1)c1ccccc1.